The Morgan fingerprint density at radius 1 is 1.41 bits per heavy atom. The van der Waals surface area contributed by atoms with Gasteiger partial charge in [-0.1, -0.05) is 30.3 Å². The molecule has 0 aliphatic carbocycles. The summed E-state index contributed by atoms with van der Waals surface area (Å²) in [5.74, 6) is -1.27. The van der Waals surface area contributed by atoms with E-state index in [1.54, 1.807) is 0 Å². The van der Waals surface area contributed by atoms with Crippen molar-refractivity contribution in [3.05, 3.63) is 35.9 Å². The van der Waals surface area contributed by atoms with Crippen molar-refractivity contribution in [2.45, 2.75) is 38.0 Å². The molecule has 0 saturated carbocycles. The van der Waals surface area contributed by atoms with Gasteiger partial charge in [0, 0.05) is 20.1 Å². The number of rotatable bonds is 4. The second-order valence-corrected chi connectivity index (χ2v) is 5.82. The maximum atomic E-state index is 12.5. The lowest BCUT2D eigenvalue weighted by molar-refractivity contribution is -0.316. The highest BCUT2D eigenvalue weighted by Gasteiger charge is 2.46. The zero-order valence-electron chi connectivity index (χ0n) is 13.0. The maximum Gasteiger partial charge on any atom is 0.318 e. The van der Waals surface area contributed by atoms with Crippen molar-refractivity contribution in [3.63, 3.8) is 0 Å². The zero-order chi connectivity index (χ0) is 16.3. The van der Waals surface area contributed by atoms with Crippen LogP contribution < -0.4 is 10.4 Å². The molecule has 1 aliphatic heterocycles. The van der Waals surface area contributed by atoms with E-state index in [4.69, 9.17) is 4.74 Å². The predicted molar refractivity (Wildman–Crippen MR) is 78.9 cm³/mol. The van der Waals surface area contributed by atoms with E-state index >= 15 is 0 Å². The Kier molecular flexibility index (Phi) is 4.71. The van der Waals surface area contributed by atoms with Crippen LogP contribution in [-0.2, 0) is 9.53 Å². The number of urea groups is 1. The van der Waals surface area contributed by atoms with Gasteiger partial charge in [-0.25, -0.2) is 4.79 Å². The van der Waals surface area contributed by atoms with E-state index in [1.165, 1.54) is 18.9 Å². The third kappa shape index (κ3) is 3.06. The summed E-state index contributed by atoms with van der Waals surface area (Å²) >= 11 is 0. The van der Waals surface area contributed by atoms with Crippen LogP contribution in [0.15, 0.2) is 30.3 Å². The van der Waals surface area contributed by atoms with Crippen molar-refractivity contribution in [1.82, 2.24) is 10.2 Å². The molecule has 1 aromatic carbocycles. The van der Waals surface area contributed by atoms with Crippen LogP contribution >= 0.6 is 0 Å². The molecule has 0 aromatic heterocycles. The lowest BCUT2D eigenvalue weighted by Gasteiger charge is -2.36. The van der Waals surface area contributed by atoms with Gasteiger partial charge in [0.2, 0.25) is 0 Å². The number of carbonyl (C=O) groups excluding carboxylic acids is 2. The number of amides is 2. The minimum atomic E-state index is -1.36. The first-order valence-corrected chi connectivity index (χ1v) is 7.26. The Labute approximate surface area is 130 Å². The van der Waals surface area contributed by atoms with Gasteiger partial charge in [0.25, 0.3) is 0 Å². The Hall–Kier alpha value is -2.08. The van der Waals surface area contributed by atoms with Crippen LogP contribution in [0.4, 0.5) is 4.79 Å². The summed E-state index contributed by atoms with van der Waals surface area (Å²) in [5, 5.41) is 14.3. The second kappa shape index (κ2) is 6.36. The van der Waals surface area contributed by atoms with Crippen molar-refractivity contribution < 1.29 is 19.4 Å². The van der Waals surface area contributed by atoms with Crippen LogP contribution in [0.3, 0.4) is 0 Å². The van der Waals surface area contributed by atoms with E-state index in [-0.39, 0.29) is 25.1 Å². The number of carboxylic acid groups (broad SMARTS) is 1. The summed E-state index contributed by atoms with van der Waals surface area (Å²) in [6.45, 7) is 3.58. The minimum absolute atomic E-state index is 0.221. The van der Waals surface area contributed by atoms with Gasteiger partial charge in [-0.3, -0.25) is 0 Å². The van der Waals surface area contributed by atoms with Crippen LogP contribution in [0.2, 0.25) is 0 Å². The number of hydrogen-bond donors (Lipinski definition) is 1. The number of likely N-dealkylation sites (tertiary alicyclic amines) is 1. The monoisotopic (exact) mass is 305 g/mol. The van der Waals surface area contributed by atoms with E-state index in [1.807, 2.05) is 37.3 Å². The van der Waals surface area contributed by atoms with Crippen molar-refractivity contribution in [2.75, 3.05) is 13.7 Å². The highest BCUT2D eigenvalue weighted by molar-refractivity contribution is 5.86. The Morgan fingerprint density at radius 3 is 2.59 bits per heavy atom. The fourth-order valence-electron chi connectivity index (χ4n) is 2.77. The lowest BCUT2D eigenvalue weighted by atomic mass is 9.98. The molecule has 6 nitrogen and oxygen atoms in total. The average Bonchev–Trinajstić information content (AvgIpc) is 2.87. The third-order valence-electron chi connectivity index (χ3n) is 4.26. The SMILES string of the molecule is COC1CN(C(=O)N[C@@H](C)c2ccccc2)C(C)(C(=O)[O-])C1. The molecule has 0 spiro atoms. The van der Waals surface area contributed by atoms with Gasteiger partial charge in [0.05, 0.1) is 23.7 Å². The molecule has 0 radical (unpaired) electrons. The first-order valence-electron chi connectivity index (χ1n) is 7.26. The summed E-state index contributed by atoms with van der Waals surface area (Å²) in [6.07, 6.45) is -0.0837. The van der Waals surface area contributed by atoms with Gasteiger partial charge < -0.3 is 24.9 Å². The molecule has 1 saturated heterocycles. The number of ether oxygens (including phenoxy) is 1. The number of carbonyl (C=O) groups is 2. The highest BCUT2D eigenvalue weighted by atomic mass is 16.5. The molecule has 1 fully saturated rings. The normalized spacial score (nSPS) is 25.8. The first-order chi connectivity index (χ1) is 10.4. The van der Waals surface area contributed by atoms with Gasteiger partial charge in [0.15, 0.2) is 0 Å². The second-order valence-electron chi connectivity index (χ2n) is 5.82. The number of nitrogens with one attached hydrogen (secondary N) is 1. The average molecular weight is 305 g/mol. The van der Waals surface area contributed by atoms with Crippen molar-refractivity contribution in [2.24, 2.45) is 0 Å². The van der Waals surface area contributed by atoms with Crippen molar-refractivity contribution in [1.29, 1.82) is 0 Å². The standard InChI is InChI=1S/C16H22N2O4/c1-11(12-7-5-4-6-8-12)17-15(21)18-10-13(22-3)9-16(18,2)14(19)20/h4-8,11,13H,9-10H2,1-3H3,(H,17,21)(H,19,20)/p-1/t11-,13?,16?/m0/s1. The predicted octanol–water partition coefficient (Wildman–Crippen LogP) is 0.687. The van der Waals surface area contributed by atoms with E-state index in [2.05, 4.69) is 5.32 Å². The quantitative estimate of drug-likeness (QED) is 0.887. The Bertz CT molecular complexity index is 548. The van der Waals surface area contributed by atoms with Crippen LogP contribution in [0.5, 0.6) is 0 Å². The molecular weight excluding hydrogens is 284 g/mol. The Balaban J connectivity index is 2.12. The first kappa shape index (κ1) is 16.3. The molecule has 3 atom stereocenters. The highest BCUT2D eigenvalue weighted by Crippen LogP contribution is 2.30. The van der Waals surface area contributed by atoms with Crippen molar-refractivity contribution in [3.8, 4) is 0 Å². The molecule has 2 amide bonds. The summed E-state index contributed by atoms with van der Waals surface area (Å²) in [4.78, 5) is 25.2. The van der Waals surface area contributed by atoms with E-state index in [9.17, 15) is 14.7 Å². The number of aliphatic carboxylic acids is 1. The van der Waals surface area contributed by atoms with Crippen LogP contribution in [0.1, 0.15) is 31.9 Å². The van der Waals surface area contributed by atoms with Crippen LogP contribution in [-0.4, -0.2) is 42.2 Å². The topological polar surface area (TPSA) is 81.7 Å². The maximum absolute atomic E-state index is 12.5. The summed E-state index contributed by atoms with van der Waals surface area (Å²) < 4.78 is 5.21. The van der Waals surface area contributed by atoms with Gasteiger partial charge in [0.1, 0.15) is 0 Å². The van der Waals surface area contributed by atoms with Crippen molar-refractivity contribution >= 4 is 12.0 Å². The fraction of sp³-hybridized carbons (Fsp3) is 0.500. The molecule has 0 bridgehead atoms. The molecule has 1 aromatic rings. The molecule has 2 unspecified atom stereocenters. The molecule has 1 heterocycles. The lowest BCUT2D eigenvalue weighted by Crippen LogP contribution is -2.58. The van der Waals surface area contributed by atoms with E-state index in [0.717, 1.165) is 5.56 Å². The van der Waals surface area contributed by atoms with Crippen LogP contribution in [0, 0.1) is 0 Å². The number of nitrogens with zero attached hydrogens (tertiary/aromatic N) is 1. The van der Waals surface area contributed by atoms with Gasteiger partial charge in [-0.05, 0) is 19.4 Å². The minimum Gasteiger partial charge on any atom is -0.548 e. The zero-order valence-corrected chi connectivity index (χ0v) is 13.0. The Morgan fingerprint density at radius 2 is 2.05 bits per heavy atom. The van der Waals surface area contributed by atoms with Crippen LogP contribution in [0.25, 0.3) is 0 Å². The van der Waals surface area contributed by atoms with E-state index in [0.29, 0.717) is 0 Å². The number of hydrogen-bond acceptors (Lipinski definition) is 4. The molecule has 120 valence electrons. The summed E-state index contributed by atoms with van der Waals surface area (Å²) in [7, 11) is 1.51. The summed E-state index contributed by atoms with van der Waals surface area (Å²) in [5.41, 5.74) is -0.408. The molecule has 6 heteroatoms. The van der Waals surface area contributed by atoms with Gasteiger partial charge >= 0.3 is 6.03 Å². The smallest absolute Gasteiger partial charge is 0.318 e. The largest absolute Gasteiger partial charge is 0.548 e. The molecular formula is C16H21N2O4-. The number of methoxy groups -OCH3 is 1. The fourth-order valence-corrected chi connectivity index (χ4v) is 2.77. The number of carboxylic acids is 1. The summed E-state index contributed by atoms with van der Waals surface area (Å²) in [6, 6.07) is 8.84. The van der Waals surface area contributed by atoms with Gasteiger partial charge in [-0.15, -0.1) is 0 Å². The third-order valence-corrected chi connectivity index (χ3v) is 4.26. The molecule has 22 heavy (non-hydrogen) atoms. The van der Waals surface area contributed by atoms with Gasteiger partial charge in [-0.2, -0.15) is 0 Å². The number of benzene rings is 1. The molecule has 2 rings (SSSR count). The van der Waals surface area contributed by atoms with E-state index < -0.39 is 17.5 Å². The molecule has 1 aliphatic rings. The molecule has 1 N–H and O–H groups in total.